The van der Waals surface area contributed by atoms with Crippen molar-refractivity contribution in [2.75, 3.05) is 0 Å². The molecule has 0 radical (unpaired) electrons. The molecule has 0 aliphatic heterocycles. The van der Waals surface area contributed by atoms with Crippen LogP contribution in [-0.4, -0.2) is 0 Å². The highest BCUT2D eigenvalue weighted by Gasteiger charge is 2.30. The second kappa shape index (κ2) is 21.8. The SMILES string of the molecule is Cc1c(C(C)(C)C)ccc2c1Cc1cc3ccccc3cc1-2.Cc1c(C(C)(C)C)ccc2c1Cc1ccc3ccccc3c1-2.Cc1c(C(C)(C)C)ccc2c1oc1c3ccccc3ccc21.Cc1ccc2c(oc3ccc4c5ccccc5oc4c32)c1C(C)(C)C. The molecule has 15 aromatic rings. The Balaban J connectivity index is 0.000000106. The molecular formula is C88H84O3. The summed E-state index contributed by atoms with van der Waals surface area (Å²) in [6.45, 7) is 36.2. The maximum atomic E-state index is 6.34. The van der Waals surface area contributed by atoms with Gasteiger partial charge >= 0.3 is 0 Å². The summed E-state index contributed by atoms with van der Waals surface area (Å²) in [6, 6.07) is 70.1. The van der Waals surface area contributed by atoms with Crippen LogP contribution in [0.15, 0.2) is 207 Å². The van der Waals surface area contributed by atoms with Crippen LogP contribution < -0.4 is 0 Å². The first-order valence-corrected chi connectivity index (χ1v) is 32.7. The van der Waals surface area contributed by atoms with Gasteiger partial charge in [0.2, 0.25) is 0 Å². The van der Waals surface area contributed by atoms with Gasteiger partial charge < -0.3 is 13.3 Å². The van der Waals surface area contributed by atoms with Gasteiger partial charge in [0.1, 0.15) is 33.5 Å². The largest absolute Gasteiger partial charge is 0.456 e. The molecule has 0 bridgehead atoms. The second-order valence-corrected chi connectivity index (χ2v) is 30.1. The van der Waals surface area contributed by atoms with Crippen molar-refractivity contribution >= 4 is 98.1 Å². The molecule has 0 saturated carbocycles. The fourth-order valence-electron chi connectivity index (χ4n) is 15.6. The van der Waals surface area contributed by atoms with E-state index in [2.05, 4.69) is 293 Å². The lowest BCUT2D eigenvalue weighted by atomic mass is 9.81. The quantitative estimate of drug-likeness (QED) is 0.152. The van der Waals surface area contributed by atoms with Crippen LogP contribution in [0.3, 0.4) is 0 Å². The molecular weight excluding hydrogens is 1100 g/mol. The van der Waals surface area contributed by atoms with E-state index in [0.717, 1.165) is 67.9 Å². The Labute approximate surface area is 536 Å². The monoisotopic (exact) mass is 1190 g/mol. The van der Waals surface area contributed by atoms with Crippen molar-refractivity contribution < 1.29 is 13.3 Å². The first-order valence-electron chi connectivity index (χ1n) is 32.7. The lowest BCUT2D eigenvalue weighted by Crippen LogP contribution is -2.14. The average molecular weight is 1190 g/mol. The summed E-state index contributed by atoms with van der Waals surface area (Å²) in [5, 5.41) is 14.8. The normalized spacial score (nSPS) is 13.0. The smallest absolute Gasteiger partial charge is 0.147 e. The van der Waals surface area contributed by atoms with Crippen LogP contribution in [0.2, 0.25) is 0 Å². The summed E-state index contributed by atoms with van der Waals surface area (Å²) in [5.41, 5.74) is 29.1. The Morgan fingerprint density at radius 3 is 1.45 bits per heavy atom. The van der Waals surface area contributed by atoms with Crippen molar-refractivity contribution in [2.24, 2.45) is 0 Å². The highest BCUT2D eigenvalue weighted by molar-refractivity contribution is 6.22. The molecule has 2 aliphatic rings. The topological polar surface area (TPSA) is 39.4 Å². The zero-order valence-electron chi connectivity index (χ0n) is 56.1. The molecule has 12 aromatic carbocycles. The molecule has 0 fully saturated rings. The molecule has 454 valence electrons. The summed E-state index contributed by atoms with van der Waals surface area (Å²) in [7, 11) is 0. The Morgan fingerprint density at radius 2 is 0.780 bits per heavy atom. The third kappa shape index (κ3) is 10.2. The molecule has 0 unspecified atom stereocenters. The van der Waals surface area contributed by atoms with Gasteiger partial charge in [0.15, 0.2) is 0 Å². The standard InChI is InChI=1S/C23H20O2.2C22H22.C21H20O/c1-13-9-10-16-19-18(25-22(16)20(13)23(2,3)4)12-11-15-14-7-5-6-8-17(14)24-21(15)19;1-14-19-13-17-11-15-7-5-6-8-16(15)12-20(17)18(19)9-10-21(14)22(2,3)4;1-14-19-13-16-10-9-15-7-5-6-8-17(15)21(16)18(19)11-12-20(14)22(2,3)4;1-13-18(21(2,3)4)12-11-16-17-10-9-14-7-5-6-8-15(14)20(17)22-19(13)16/h5-12H,1-4H3;2*5-12H,13H2,1-4H3;5-12H,1-4H3. The number of hydrogen-bond donors (Lipinski definition) is 0. The van der Waals surface area contributed by atoms with Crippen LogP contribution in [-0.2, 0) is 34.5 Å². The number of hydrogen-bond acceptors (Lipinski definition) is 3. The van der Waals surface area contributed by atoms with Crippen molar-refractivity contribution in [1.82, 2.24) is 0 Å². The number of aryl methyl sites for hydroxylation is 2. The summed E-state index contributed by atoms with van der Waals surface area (Å²) in [6.07, 6.45) is 2.15. The Kier molecular flexibility index (Phi) is 14.2. The molecule has 3 heterocycles. The van der Waals surface area contributed by atoms with E-state index in [1.165, 1.54) is 132 Å². The molecule has 0 N–H and O–H groups in total. The Bertz CT molecular complexity index is 5420. The summed E-state index contributed by atoms with van der Waals surface area (Å²) in [4.78, 5) is 0. The van der Waals surface area contributed by atoms with Crippen LogP contribution in [0.1, 0.15) is 150 Å². The maximum Gasteiger partial charge on any atom is 0.147 e. The average Bonchev–Trinajstić information content (AvgIpc) is 1.63. The molecule has 17 rings (SSSR count). The summed E-state index contributed by atoms with van der Waals surface area (Å²) >= 11 is 0. The summed E-state index contributed by atoms with van der Waals surface area (Å²) < 4.78 is 18.9. The predicted octanol–water partition coefficient (Wildman–Crippen LogP) is 25.5. The van der Waals surface area contributed by atoms with Crippen LogP contribution in [0.25, 0.3) is 120 Å². The van der Waals surface area contributed by atoms with E-state index in [4.69, 9.17) is 13.3 Å². The molecule has 3 aromatic heterocycles. The van der Waals surface area contributed by atoms with Gasteiger partial charge in [-0.2, -0.15) is 0 Å². The zero-order valence-corrected chi connectivity index (χ0v) is 56.1. The first-order chi connectivity index (χ1) is 43.3. The second-order valence-electron chi connectivity index (χ2n) is 30.1. The predicted molar refractivity (Wildman–Crippen MR) is 390 cm³/mol. The molecule has 91 heavy (non-hydrogen) atoms. The Morgan fingerprint density at radius 1 is 0.297 bits per heavy atom. The van der Waals surface area contributed by atoms with E-state index in [0.29, 0.717) is 0 Å². The fraction of sp³-hybridized carbons (Fsp3) is 0.250. The van der Waals surface area contributed by atoms with Crippen LogP contribution >= 0.6 is 0 Å². The van der Waals surface area contributed by atoms with E-state index in [-0.39, 0.29) is 21.7 Å². The number of rotatable bonds is 0. The van der Waals surface area contributed by atoms with Crippen LogP contribution in [0.5, 0.6) is 0 Å². The lowest BCUT2D eigenvalue weighted by Gasteiger charge is -2.23. The third-order valence-corrected chi connectivity index (χ3v) is 19.8. The van der Waals surface area contributed by atoms with E-state index in [9.17, 15) is 0 Å². The Hall–Kier alpha value is -9.18. The minimum absolute atomic E-state index is 0.0183. The van der Waals surface area contributed by atoms with Crippen molar-refractivity contribution in [3.63, 3.8) is 0 Å². The molecule has 0 atom stereocenters. The first kappa shape index (κ1) is 59.4. The number of benzene rings is 12. The highest BCUT2D eigenvalue weighted by atomic mass is 16.3. The number of furan rings is 3. The van der Waals surface area contributed by atoms with Crippen molar-refractivity contribution in [2.45, 2.75) is 145 Å². The summed E-state index contributed by atoms with van der Waals surface area (Å²) in [5.74, 6) is 0. The fourth-order valence-corrected chi connectivity index (χ4v) is 15.6. The van der Waals surface area contributed by atoms with E-state index >= 15 is 0 Å². The molecule has 2 aliphatic carbocycles. The number of fused-ring (bicyclic) bond motifs is 21. The van der Waals surface area contributed by atoms with Crippen molar-refractivity contribution in [1.29, 1.82) is 0 Å². The van der Waals surface area contributed by atoms with Gasteiger partial charge in [-0.3, -0.25) is 0 Å². The van der Waals surface area contributed by atoms with Gasteiger partial charge in [0, 0.05) is 37.9 Å². The maximum absolute atomic E-state index is 6.34. The van der Waals surface area contributed by atoms with Crippen molar-refractivity contribution in [3.05, 3.63) is 261 Å². The van der Waals surface area contributed by atoms with Crippen LogP contribution in [0.4, 0.5) is 0 Å². The van der Waals surface area contributed by atoms with Gasteiger partial charge in [0.25, 0.3) is 0 Å². The van der Waals surface area contributed by atoms with Gasteiger partial charge in [-0.05, 0) is 203 Å². The molecule has 3 heteroatoms. The minimum Gasteiger partial charge on any atom is -0.456 e. The molecule has 3 nitrogen and oxygen atoms in total. The van der Waals surface area contributed by atoms with Crippen LogP contribution in [0, 0.1) is 27.7 Å². The van der Waals surface area contributed by atoms with Gasteiger partial charge in [0.05, 0.1) is 5.39 Å². The molecule has 0 saturated heterocycles. The van der Waals surface area contributed by atoms with Crippen molar-refractivity contribution in [3.8, 4) is 22.3 Å². The minimum atomic E-state index is 0.0183. The molecule has 0 amide bonds. The number of para-hydroxylation sites is 1. The lowest BCUT2D eigenvalue weighted by molar-refractivity contribution is 0.569. The van der Waals surface area contributed by atoms with Gasteiger partial charge in [-0.25, -0.2) is 0 Å². The van der Waals surface area contributed by atoms with Gasteiger partial charge in [-0.15, -0.1) is 0 Å². The third-order valence-electron chi connectivity index (χ3n) is 19.8. The van der Waals surface area contributed by atoms with E-state index < -0.39 is 0 Å². The molecule has 0 spiro atoms. The van der Waals surface area contributed by atoms with E-state index in [1.807, 2.05) is 12.1 Å². The van der Waals surface area contributed by atoms with E-state index in [1.54, 1.807) is 0 Å². The zero-order chi connectivity index (χ0) is 63.8. The van der Waals surface area contributed by atoms with Gasteiger partial charge in [-0.1, -0.05) is 247 Å². The highest BCUT2D eigenvalue weighted by Crippen LogP contribution is 2.48.